The van der Waals surface area contributed by atoms with E-state index in [0.29, 0.717) is 19.8 Å². The van der Waals surface area contributed by atoms with Crippen molar-refractivity contribution in [3.63, 3.8) is 0 Å². The maximum Gasteiger partial charge on any atom is 0.163 e. The molecule has 2 heterocycles. The van der Waals surface area contributed by atoms with E-state index in [1.807, 2.05) is 23.7 Å². The number of nitrogens with zero attached hydrogens (tertiary/aromatic N) is 4. The Morgan fingerprint density at radius 3 is 2.79 bits per heavy atom. The Kier molecular flexibility index (Phi) is 5.79. The fraction of sp³-hybridized carbons (Fsp3) is 0.529. The van der Waals surface area contributed by atoms with E-state index in [0.717, 1.165) is 31.2 Å². The van der Waals surface area contributed by atoms with Crippen LogP contribution in [0.5, 0.6) is 5.75 Å². The zero-order valence-electron chi connectivity index (χ0n) is 14.2. The fourth-order valence-electron chi connectivity index (χ4n) is 2.78. The summed E-state index contributed by atoms with van der Waals surface area (Å²) < 4.78 is 18.3. The first-order chi connectivity index (χ1) is 11.8. The van der Waals surface area contributed by atoms with E-state index >= 15 is 0 Å². The average molecular weight is 332 g/mol. The summed E-state index contributed by atoms with van der Waals surface area (Å²) in [6, 6.07) is 8.22. The summed E-state index contributed by atoms with van der Waals surface area (Å²) in [5, 5.41) is 8.10. The molecule has 1 aromatic carbocycles. The average Bonchev–Trinajstić information content (AvgIpc) is 3.03. The third kappa shape index (κ3) is 4.31. The zero-order chi connectivity index (χ0) is 16.8. The molecule has 0 bridgehead atoms. The second-order valence-corrected chi connectivity index (χ2v) is 5.88. The van der Waals surface area contributed by atoms with E-state index in [4.69, 9.17) is 14.2 Å². The van der Waals surface area contributed by atoms with Crippen LogP contribution in [-0.4, -0.2) is 59.7 Å². The molecule has 0 unspecified atom stereocenters. The number of hydrogen-bond acceptors (Lipinski definition) is 6. The maximum absolute atomic E-state index is 5.85. The molecule has 1 saturated heterocycles. The molecule has 24 heavy (non-hydrogen) atoms. The van der Waals surface area contributed by atoms with Crippen molar-refractivity contribution in [3.8, 4) is 5.75 Å². The van der Waals surface area contributed by atoms with Crippen molar-refractivity contribution in [2.75, 3.05) is 40.0 Å². The molecule has 130 valence electrons. The number of rotatable bonds is 7. The Labute approximate surface area is 142 Å². The van der Waals surface area contributed by atoms with Crippen molar-refractivity contribution in [1.82, 2.24) is 19.7 Å². The van der Waals surface area contributed by atoms with Gasteiger partial charge in [-0.3, -0.25) is 4.90 Å². The Morgan fingerprint density at radius 2 is 2.08 bits per heavy atom. The van der Waals surface area contributed by atoms with Crippen LogP contribution in [0.1, 0.15) is 17.5 Å². The van der Waals surface area contributed by atoms with Crippen LogP contribution in [0.4, 0.5) is 0 Å². The van der Waals surface area contributed by atoms with E-state index in [1.165, 1.54) is 5.56 Å². The van der Waals surface area contributed by atoms with Crippen LogP contribution in [0.15, 0.2) is 30.6 Å². The van der Waals surface area contributed by atoms with E-state index in [1.54, 1.807) is 13.4 Å². The van der Waals surface area contributed by atoms with Gasteiger partial charge in [0.05, 0.1) is 13.2 Å². The molecule has 1 fully saturated rings. The van der Waals surface area contributed by atoms with Crippen molar-refractivity contribution in [1.29, 1.82) is 0 Å². The van der Waals surface area contributed by atoms with Crippen molar-refractivity contribution in [2.24, 2.45) is 7.05 Å². The Morgan fingerprint density at radius 1 is 1.25 bits per heavy atom. The van der Waals surface area contributed by atoms with E-state index in [2.05, 4.69) is 27.2 Å². The fourth-order valence-corrected chi connectivity index (χ4v) is 2.78. The summed E-state index contributed by atoms with van der Waals surface area (Å²) in [6.45, 7) is 4.49. The molecule has 7 heteroatoms. The summed E-state index contributed by atoms with van der Waals surface area (Å²) in [5.41, 5.74) is 1.26. The van der Waals surface area contributed by atoms with Crippen LogP contribution >= 0.6 is 0 Å². The van der Waals surface area contributed by atoms with Gasteiger partial charge in [-0.25, -0.2) is 0 Å². The first kappa shape index (κ1) is 16.9. The molecule has 0 spiro atoms. The molecule has 0 saturated carbocycles. The number of morpholine rings is 1. The molecule has 0 aliphatic carbocycles. The minimum atomic E-state index is -0.0251. The Bertz CT molecular complexity index is 629. The smallest absolute Gasteiger partial charge is 0.163 e. The molecule has 1 aliphatic heterocycles. The number of aromatic nitrogens is 3. The molecular weight excluding hydrogens is 308 g/mol. The summed E-state index contributed by atoms with van der Waals surface area (Å²) >= 11 is 0. The second kappa shape index (κ2) is 8.23. The molecule has 1 aliphatic rings. The van der Waals surface area contributed by atoms with Gasteiger partial charge in [-0.15, -0.1) is 10.2 Å². The lowest BCUT2D eigenvalue weighted by molar-refractivity contribution is -0.0385. The minimum Gasteiger partial charge on any atom is -0.491 e. The number of aryl methyl sites for hydroxylation is 1. The first-order valence-corrected chi connectivity index (χ1v) is 8.15. The quantitative estimate of drug-likeness (QED) is 0.715. The SMILES string of the molecule is COCCOc1ccc(CN2CCO[C@@H](c3nncn3C)C2)cc1. The first-order valence-electron chi connectivity index (χ1n) is 8.15. The molecule has 0 amide bonds. The van der Waals surface area contributed by atoms with E-state index in [9.17, 15) is 0 Å². The van der Waals surface area contributed by atoms with Crippen LogP contribution in [0.2, 0.25) is 0 Å². The highest BCUT2D eigenvalue weighted by atomic mass is 16.5. The van der Waals surface area contributed by atoms with Gasteiger partial charge in [0.15, 0.2) is 5.82 Å². The van der Waals surface area contributed by atoms with Gasteiger partial charge in [-0.05, 0) is 17.7 Å². The zero-order valence-corrected chi connectivity index (χ0v) is 14.2. The minimum absolute atomic E-state index is 0.0251. The normalized spacial score (nSPS) is 18.7. The Hall–Kier alpha value is -1.96. The van der Waals surface area contributed by atoms with Crippen molar-refractivity contribution < 1.29 is 14.2 Å². The number of benzene rings is 1. The summed E-state index contributed by atoms with van der Waals surface area (Å²) in [6.07, 6.45) is 1.68. The standard InChI is InChI=1S/C17H24N4O3/c1-20-13-18-19-17(20)16-12-21(7-8-24-16)11-14-3-5-15(6-4-14)23-10-9-22-2/h3-6,13,16H,7-12H2,1-2H3/t16-/m1/s1. The third-order valence-electron chi connectivity index (χ3n) is 4.07. The topological polar surface area (TPSA) is 61.6 Å². The summed E-state index contributed by atoms with van der Waals surface area (Å²) in [4.78, 5) is 2.38. The van der Waals surface area contributed by atoms with Crippen LogP contribution in [-0.2, 0) is 23.1 Å². The molecule has 0 N–H and O–H groups in total. The molecule has 1 aromatic heterocycles. The lowest BCUT2D eigenvalue weighted by Gasteiger charge is -2.32. The van der Waals surface area contributed by atoms with Crippen LogP contribution in [0.3, 0.4) is 0 Å². The second-order valence-electron chi connectivity index (χ2n) is 5.88. The highest BCUT2D eigenvalue weighted by Crippen LogP contribution is 2.22. The van der Waals surface area contributed by atoms with Gasteiger partial charge in [-0.1, -0.05) is 12.1 Å². The van der Waals surface area contributed by atoms with Crippen molar-refractivity contribution in [2.45, 2.75) is 12.6 Å². The van der Waals surface area contributed by atoms with Gasteiger partial charge in [0, 0.05) is 33.8 Å². The molecular formula is C17H24N4O3. The molecule has 1 atom stereocenters. The molecule has 0 radical (unpaired) electrons. The molecule has 7 nitrogen and oxygen atoms in total. The van der Waals surface area contributed by atoms with Gasteiger partial charge in [0.1, 0.15) is 24.8 Å². The number of methoxy groups -OCH3 is 1. The lowest BCUT2D eigenvalue weighted by Crippen LogP contribution is -2.38. The largest absolute Gasteiger partial charge is 0.491 e. The van der Waals surface area contributed by atoms with Crippen LogP contribution < -0.4 is 4.74 Å². The monoisotopic (exact) mass is 332 g/mol. The van der Waals surface area contributed by atoms with Crippen LogP contribution in [0.25, 0.3) is 0 Å². The predicted octanol–water partition coefficient (Wildman–Crippen LogP) is 1.41. The van der Waals surface area contributed by atoms with Gasteiger partial charge in [0.2, 0.25) is 0 Å². The maximum atomic E-state index is 5.85. The van der Waals surface area contributed by atoms with E-state index < -0.39 is 0 Å². The molecule has 2 aromatic rings. The summed E-state index contributed by atoms with van der Waals surface area (Å²) in [7, 11) is 3.61. The predicted molar refractivity (Wildman–Crippen MR) is 88.8 cm³/mol. The van der Waals surface area contributed by atoms with Crippen molar-refractivity contribution >= 4 is 0 Å². The highest BCUT2D eigenvalue weighted by Gasteiger charge is 2.25. The van der Waals surface area contributed by atoms with E-state index in [-0.39, 0.29) is 6.10 Å². The van der Waals surface area contributed by atoms with Crippen molar-refractivity contribution in [3.05, 3.63) is 42.0 Å². The molecule has 3 rings (SSSR count). The van der Waals surface area contributed by atoms with Gasteiger partial charge >= 0.3 is 0 Å². The third-order valence-corrected chi connectivity index (χ3v) is 4.07. The van der Waals surface area contributed by atoms with Crippen LogP contribution in [0, 0.1) is 0 Å². The van der Waals surface area contributed by atoms with Gasteiger partial charge in [0.25, 0.3) is 0 Å². The highest BCUT2D eigenvalue weighted by molar-refractivity contribution is 5.27. The lowest BCUT2D eigenvalue weighted by atomic mass is 10.1. The number of ether oxygens (including phenoxy) is 3. The van der Waals surface area contributed by atoms with Gasteiger partial charge in [-0.2, -0.15) is 0 Å². The summed E-state index contributed by atoms with van der Waals surface area (Å²) in [5.74, 6) is 1.75. The van der Waals surface area contributed by atoms with Gasteiger partial charge < -0.3 is 18.8 Å². The Balaban J connectivity index is 1.54. The number of hydrogen-bond donors (Lipinski definition) is 0.